The van der Waals surface area contributed by atoms with E-state index in [1.54, 1.807) is 6.07 Å². The van der Waals surface area contributed by atoms with Crippen LogP contribution in [0.4, 0.5) is 0 Å². The number of nitrogens with zero attached hydrogens (tertiary/aromatic N) is 1. The number of nitriles is 1. The van der Waals surface area contributed by atoms with Crippen LogP contribution in [0, 0.1) is 11.3 Å². The van der Waals surface area contributed by atoms with E-state index in [0.717, 1.165) is 4.88 Å². The van der Waals surface area contributed by atoms with Gasteiger partial charge in [0.2, 0.25) is 0 Å². The molecule has 1 heterocycles. The van der Waals surface area contributed by atoms with Crippen LogP contribution in [0.3, 0.4) is 0 Å². The Labute approximate surface area is 86.4 Å². The van der Waals surface area contributed by atoms with Gasteiger partial charge in [-0.25, -0.2) is 0 Å². The van der Waals surface area contributed by atoms with Crippen molar-refractivity contribution in [3.05, 3.63) is 21.9 Å². The van der Waals surface area contributed by atoms with Crippen molar-refractivity contribution in [2.75, 3.05) is 13.2 Å². The molecule has 0 spiro atoms. The van der Waals surface area contributed by atoms with Crippen molar-refractivity contribution in [2.45, 2.75) is 12.6 Å². The first-order valence-electron chi connectivity index (χ1n) is 4.24. The van der Waals surface area contributed by atoms with E-state index < -0.39 is 0 Å². The van der Waals surface area contributed by atoms with Gasteiger partial charge in [-0.15, -0.1) is 11.3 Å². The number of aliphatic hydroxyl groups excluding tert-OH is 2. The summed E-state index contributed by atoms with van der Waals surface area (Å²) in [5.74, 6) is 0. The summed E-state index contributed by atoms with van der Waals surface area (Å²) in [5.41, 5.74) is 0. The lowest BCUT2D eigenvalue weighted by Crippen LogP contribution is -2.34. The van der Waals surface area contributed by atoms with Crippen LogP contribution >= 0.6 is 11.3 Å². The van der Waals surface area contributed by atoms with Gasteiger partial charge >= 0.3 is 0 Å². The maximum absolute atomic E-state index is 8.78. The molecule has 0 aliphatic rings. The van der Waals surface area contributed by atoms with Gasteiger partial charge in [0.1, 0.15) is 10.9 Å². The van der Waals surface area contributed by atoms with E-state index in [4.69, 9.17) is 15.5 Å². The molecule has 0 saturated carbocycles. The molecule has 5 heteroatoms. The van der Waals surface area contributed by atoms with Crippen LogP contribution in [0.1, 0.15) is 9.75 Å². The second-order valence-corrected chi connectivity index (χ2v) is 3.99. The molecule has 14 heavy (non-hydrogen) atoms. The Balaban J connectivity index is 2.41. The summed E-state index contributed by atoms with van der Waals surface area (Å²) >= 11 is 1.41. The summed E-state index contributed by atoms with van der Waals surface area (Å²) in [4.78, 5) is 1.69. The van der Waals surface area contributed by atoms with Crippen molar-refractivity contribution in [2.24, 2.45) is 0 Å². The summed E-state index contributed by atoms with van der Waals surface area (Å²) in [6.45, 7) is 0.387. The SMILES string of the molecule is N#Cc1ccc(CNC(CO)CO)s1. The van der Waals surface area contributed by atoms with Crippen LogP contribution in [0.2, 0.25) is 0 Å². The van der Waals surface area contributed by atoms with Crippen LogP contribution < -0.4 is 5.32 Å². The zero-order valence-electron chi connectivity index (χ0n) is 7.60. The molecule has 0 aliphatic carbocycles. The third kappa shape index (κ3) is 3.09. The van der Waals surface area contributed by atoms with Gasteiger partial charge in [0.15, 0.2) is 0 Å². The van der Waals surface area contributed by atoms with Crippen molar-refractivity contribution >= 4 is 11.3 Å². The Bertz CT molecular complexity index is 315. The lowest BCUT2D eigenvalue weighted by atomic mass is 10.3. The Morgan fingerprint density at radius 3 is 2.64 bits per heavy atom. The number of aliphatic hydroxyl groups is 2. The molecule has 0 aromatic carbocycles. The molecular weight excluding hydrogens is 200 g/mol. The van der Waals surface area contributed by atoms with E-state index in [2.05, 4.69) is 11.4 Å². The highest BCUT2D eigenvalue weighted by molar-refractivity contribution is 7.12. The fourth-order valence-corrected chi connectivity index (χ4v) is 1.72. The van der Waals surface area contributed by atoms with Crippen molar-refractivity contribution < 1.29 is 10.2 Å². The first-order valence-corrected chi connectivity index (χ1v) is 5.05. The lowest BCUT2D eigenvalue weighted by molar-refractivity contribution is 0.170. The van der Waals surface area contributed by atoms with Gasteiger partial charge in [-0.2, -0.15) is 5.26 Å². The standard InChI is InChI=1S/C9H12N2O2S/c10-3-8-1-2-9(14-8)4-11-7(5-12)6-13/h1-2,7,11-13H,4-6H2. The third-order valence-electron chi connectivity index (χ3n) is 1.78. The quantitative estimate of drug-likeness (QED) is 0.645. The summed E-state index contributed by atoms with van der Waals surface area (Å²) in [6, 6.07) is 5.39. The molecule has 1 aromatic rings. The number of hydrogen-bond donors (Lipinski definition) is 3. The second kappa shape index (κ2) is 5.73. The number of thiophene rings is 1. The number of rotatable bonds is 5. The van der Waals surface area contributed by atoms with Crippen LogP contribution in [-0.4, -0.2) is 29.5 Å². The number of nitrogens with one attached hydrogen (secondary N) is 1. The Hall–Kier alpha value is -0.930. The van der Waals surface area contributed by atoms with Crippen LogP contribution in [0.15, 0.2) is 12.1 Å². The van der Waals surface area contributed by atoms with Crippen LogP contribution in [0.5, 0.6) is 0 Å². The minimum Gasteiger partial charge on any atom is -0.395 e. The average molecular weight is 212 g/mol. The van der Waals surface area contributed by atoms with Crippen molar-refractivity contribution in [3.8, 4) is 6.07 Å². The molecule has 0 radical (unpaired) electrons. The van der Waals surface area contributed by atoms with Crippen LogP contribution in [-0.2, 0) is 6.54 Å². The fraction of sp³-hybridized carbons (Fsp3) is 0.444. The van der Waals surface area contributed by atoms with Crippen molar-refractivity contribution in [1.29, 1.82) is 5.26 Å². The molecule has 4 nitrogen and oxygen atoms in total. The molecule has 1 rings (SSSR count). The molecule has 0 unspecified atom stereocenters. The average Bonchev–Trinajstić information content (AvgIpc) is 2.67. The van der Waals surface area contributed by atoms with Crippen molar-refractivity contribution in [1.82, 2.24) is 5.32 Å². The van der Waals surface area contributed by atoms with Gasteiger partial charge < -0.3 is 15.5 Å². The molecule has 0 atom stereocenters. The minimum absolute atomic E-state index is 0.0903. The maximum Gasteiger partial charge on any atom is 0.110 e. The lowest BCUT2D eigenvalue weighted by Gasteiger charge is -2.11. The molecule has 0 fully saturated rings. The number of hydrogen-bond acceptors (Lipinski definition) is 5. The highest BCUT2D eigenvalue weighted by atomic mass is 32.1. The highest BCUT2D eigenvalue weighted by Gasteiger charge is 2.05. The normalized spacial score (nSPS) is 10.4. The van der Waals surface area contributed by atoms with E-state index in [9.17, 15) is 0 Å². The largest absolute Gasteiger partial charge is 0.395 e. The van der Waals surface area contributed by atoms with E-state index >= 15 is 0 Å². The first kappa shape index (κ1) is 11.1. The summed E-state index contributed by atoms with van der Waals surface area (Å²) in [7, 11) is 0. The van der Waals surface area contributed by atoms with E-state index in [1.807, 2.05) is 6.07 Å². The molecule has 76 valence electrons. The van der Waals surface area contributed by atoms with Gasteiger partial charge in [-0.1, -0.05) is 0 Å². The second-order valence-electron chi connectivity index (χ2n) is 2.82. The summed E-state index contributed by atoms with van der Waals surface area (Å²) in [6.07, 6.45) is 0. The van der Waals surface area contributed by atoms with E-state index in [-0.39, 0.29) is 19.3 Å². The molecule has 3 N–H and O–H groups in total. The molecule has 1 aromatic heterocycles. The van der Waals surface area contributed by atoms with Gasteiger partial charge in [0.05, 0.1) is 19.3 Å². The summed E-state index contributed by atoms with van der Waals surface area (Å²) in [5, 5.41) is 29.1. The molecule has 0 bridgehead atoms. The molecule has 0 saturated heterocycles. The van der Waals surface area contributed by atoms with E-state index in [1.165, 1.54) is 11.3 Å². The van der Waals surface area contributed by atoms with E-state index in [0.29, 0.717) is 11.4 Å². The smallest absolute Gasteiger partial charge is 0.110 e. The fourth-order valence-electron chi connectivity index (χ4n) is 0.965. The topological polar surface area (TPSA) is 76.3 Å². The monoisotopic (exact) mass is 212 g/mol. The van der Waals surface area contributed by atoms with Crippen molar-refractivity contribution in [3.63, 3.8) is 0 Å². The zero-order chi connectivity index (χ0) is 10.4. The Kier molecular flexibility index (Phi) is 4.56. The highest BCUT2D eigenvalue weighted by Crippen LogP contribution is 2.14. The predicted octanol–water partition coefficient (Wildman–Crippen LogP) is 0.0626. The molecular formula is C9H12N2O2S. The maximum atomic E-state index is 8.78. The minimum atomic E-state index is -0.289. The first-order chi connectivity index (χ1) is 6.80. The van der Waals surface area contributed by atoms with Crippen LogP contribution in [0.25, 0.3) is 0 Å². The predicted molar refractivity (Wildman–Crippen MR) is 53.8 cm³/mol. The zero-order valence-corrected chi connectivity index (χ0v) is 8.42. The van der Waals surface area contributed by atoms with Gasteiger partial charge in [-0.3, -0.25) is 0 Å². The third-order valence-corrected chi connectivity index (χ3v) is 2.77. The Morgan fingerprint density at radius 2 is 2.14 bits per heavy atom. The summed E-state index contributed by atoms with van der Waals surface area (Å²) < 4.78 is 0. The van der Waals surface area contributed by atoms with Gasteiger partial charge in [0, 0.05) is 11.4 Å². The van der Waals surface area contributed by atoms with Gasteiger partial charge in [0.25, 0.3) is 0 Å². The van der Waals surface area contributed by atoms with Gasteiger partial charge in [-0.05, 0) is 12.1 Å². The molecule has 0 amide bonds. The molecule has 0 aliphatic heterocycles. The Morgan fingerprint density at radius 1 is 1.43 bits per heavy atom.